The van der Waals surface area contributed by atoms with E-state index >= 15 is 0 Å². The van der Waals surface area contributed by atoms with Gasteiger partial charge in [-0.2, -0.15) is 0 Å². The van der Waals surface area contributed by atoms with Crippen molar-refractivity contribution in [3.8, 4) is 0 Å². The number of benzene rings is 2. The van der Waals surface area contributed by atoms with Crippen molar-refractivity contribution < 1.29 is 14.0 Å². The first-order chi connectivity index (χ1) is 14.0. The summed E-state index contributed by atoms with van der Waals surface area (Å²) < 4.78 is 13.6. The Bertz CT molecular complexity index is 856. The molecule has 0 aromatic heterocycles. The molecule has 1 fully saturated rings. The number of carbonyl (C=O) groups excluding carboxylic acids is 2. The second-order valence-electron chi connectivity index (χ2n) is 7.69. The number of likely N-dealkylation sites (tertiary alicyclic amines) is 1. The first kappa shape index (κ1) is 21.0. The molecule has 0 spiro atoms. The minimum absolute atomic E-state index is 0.0681. The fourth-order valence-electron chi connectivity index (χ4n) is 3.71. The molecule has 1 aliphatic heterocycles. The van der Waals surface area contributed by atoms with Crippen LogP contribution < -0.4 is 10.6 Å². The molecule has 2 aromatic rings. The molecule has 1 heterocycles. The smallest absolute Gasteiger partial charge is 0.254 e. The molecule has 2 N–H and O–H groups in total. The van der Waals surface area contributed by atoms with Crippen LogP contribution in [0.5, 0.6) is 0 Å². The lowest BCUT2D eigenvalue weighted by atomic mass is 9.99. The summed E-state index contributed by atoms with van der Waals surface area (Å²) in [6.45, 7) is 5.57. The van der Waals surface area contributed by atoms with Crippen molar-refractivity contribution in [2.75, 3.05) is 19.6 Å². The van der Waals surface area contributed by atoms with Gasteiger partial charge in [0, 0.05) is 19.6 Å². The molecule has 0 aliphatic carbocycles. The minimum atomic E-state index is -0.605. The number of hydrogen-bond acceptors (Lipinski definition) is 3. The number of nitrogens with one attached hydrogen (secondary N) is 2. The highest BCUT2D eigenvalue weighted by Gasteiger charge is 2.17. The van der Waals surface area contributed by atoms with Crippen LogP contribution in [-0.2, 0) is 17.9 Å². The lowest BCUT2D eigenvalue weighted by molar-refractivity contribution is -0.120. The van der Waals surface area contributed by atoms with E-state index in [4.69, 9.17) is 0 Å². The van der Waals surface area contributed by atoms with Crippen LogP contribution in [0.2, 0.25) is 0 Å². The van der Waals surface area contributed by atoms with Gasteiger partial charge < -0.3 is 10.6 Å². The second-order valence-corrected chi connectivity index (χ2v) is 7.69. The molecule has 3 rings (SSSR count). The average Bonchev–Trinajstić information content (AvgIpc) is 2.72. The first-order valence-corrected chi connectivity index (χ1v) is 10.1. The van der Waals surface area contributed by atoms with Crippen molar-refractivity contribution in [3.63, 3.8) is 0 Å². The topological polar surface area (TPSA) is 61.4 Å². The van der Waals surface area contributed by atoms with Gasteiger partial charge in [0.05, 0.1) is 12.1 Å². The molecular formula is C23H28FN3O2. The van der Waals surface area contributed by atoms with Gasteiger partial charge in [0.1, 0.15) is 5.82 Å². The molecule has 1 saturated heterocycles. The second kappa shape index (κ2) is 10.2. The van der Waals surface area contributed by atoms with E-state index in [-0.39, 0.29) is 18.0 Å². The maximum absolute atomic E-state index is 13.6. The van der Waals surface area contributed by atoms with E-state index in [0.29, 0.717) is 12.5 Å². The maximum atomic E-state index is 13.6. The quantitative estimate of drug-likeness (QED) is 0.755. The molecule has 2 amide bonds. The van der Waals surface area contributed by atoms with Crippen molar-refractivity contribution >= 4 is 11.8 Å². The van der Waals surface area contributed by atoms with Crippen LogP contribution in [0.15, 0.2) is 48.5 Å². The summed E-state index contributed by atoms with van der Waals surface area (Å²) in [5, 5.41) is 5.30. The number of carbonyl (C=O) groups is 2. The van der Waals surface area contributed by atoms with E-state index in [9.17, 15) is 14.0 Å². The Hall–Kier alpha value is -2.73. The van der Waals surface area contributed by atoms with Crippen LogP contribution >= 0.6 is 0 Å². The van der Waals surface area contributed by atoms with Gasteiger partial charge in [-0.15, -0.1) is 0 Å². The van der Waals surface area contributed by atoms with E-state index in [1.54, 1.807) is 6.07 Å². The zero-order valence-electron chi connectivity index (χ0n) is 16.8. The number of piperidine rings is 1. The summed E-state index contributed by atoms with van der Waals surface area (Å²) in [6.07, 6.45) is 2.51. The molecule has 0 unspecified atom stereocenters. The third-order valence-electron chi connectivity index (χ3n) is 5.26. The summed E-state index contributed by atoms with van der Waals surface area (Å²) in [4.78, 5) is 26.6. The summed E-state index contributed by atoms with van der Waals surface area (Å²) in [6, 6.07) is 13.8. The minimum Gasteiger partial charge on any atom is -0.350 e. The summed E-state index contributed by atoms with van der Waals surface area (Å²) >= 11 is 0. The van der Waals surface area contributed by atoms with Gasteiger partial charge in [-0.1, -0.05) is 43.3 Å². The lowest BCUT2D eigenvalue weighted by Crippen LogP contribution is -2.37. The van der Waals surface area contributed by atoms with Crippen LogP contribution in [-0.4, -0.2) is 36.3 Å². The van der Waals surface area contributed by atoms with E-state index in [2.05, 4.69) is 28.5 Å². The van der Waals surface area contributed by atoms with Gasteiger partial charge in [0.2, 0.25) is 5.91 Å². The zero-order chi connectivity index (χ0) is 20.6. The molecule has 29 heavy (non-hydrogen) atoms. The maximum Gasteiger partial charge on any atom is 0.254 e. The predicted octanol–water partition coefficient (Wildman–Crippen LogP) is 3.10. The molecule has 154 valence electrons. The van der Waals surface area contributed by atoms with Gasteiger partial charge >= 0.3 is 0 Å². The van der Waals surface area contributed by atoms with Gasteiger partial charge in [-0.25, -0.2) is 4.39 Å². The van der Waals surface area contributed by atoms with E-state index in [0.717, 1.165) is 25.2 Å². The summed E-state index contributed by atoms with van der Waals surface area (Å²) in [5.41, 5.74) is 2.21. The number of amides is 2. The van der Waals surface area contributed by atoms with E-state index < -0.39 is 11.7 Å². The SMILES string of the molecule is C[C@H]1CCCN(Cc2ccccc2CNC(=O)CNC(=O)c2ccccc2F)C1. The molecular weight excluding hydrogens is 369 g/mol. The third-order valence-corrected chi connectivity index (χ3v) is 5.26. The Balaban J connectivity index is 1.50. The van der Waals surface area contributed by atoms with Gasteiger partial charge in [0.25, 0.3) is 5.91 Å². The summed E-state index contributed by atoms with van der Waals surface area (Å²) in [5.74, 6) is -0.797. The van der Waals surface area contributed by atoms with Gasteiger partial charge in [0.15, 0.2) is 0 Å². The van der Waals surface area contributed by atoms with Crippen molar-refractivity contribution in [2.45, 2.75) is 32.9 Å². The van der Waals surface area contributed by atoms with Crippen LogP contribution in [0.3, 0.4) is 0 Å². The molecule has 6 heteroatoms. The molecule has 5 nitrogen and oxygen atoms in total. The molecule has 0 radical (unpaired) electrons. The van der Waals surface area contributed by atoms with Crippen LogP contribution in [0.25, 0.3) is 0 Å². The van der Waals surface area contributed by atoms with E-state index in [1.165, 1.54) is 36.6 Å². The van der Waals surface area contributed by atoms with Crippen LogP contribution in [0, 0.1) is 11.7 Å². The third kappa shape index (κ3) is 6.12. The Morgan fingerprint density at radius 1 is 1.07 bits per heavy atom. The average molecular weight is 397 g/mol. The Labute approximate surface area is 171 Å². The fourth-order valence-corrected chi connectivity index (χ4v) is 3.71. The fraction of sp³-hybridized carbons (Fsp3) is 0.391. The van der Waals surface area contributed by atoms with Gasteiger partial charge in [-0.05, 0) is 48.6 Å². The first-order valence-electron chi connectivity index (χ1n) is 10.1. The van der Waals surface area contributed by atoms with Crippen molar-refractivity contribution in [2.24, 2.45) is 5.92 Å². The molecule has 2 aromatic carbocycles. The van der Waals surface area contributed by atoms with E-state index in [1.807, 2.05) is 18.2 Å². The van der Waals surface area contributed by atoms with Crippen molar-refractivity contribution in [1.82, 2.24) is 15.5 Å². The Morgan fingerprint density at radius 2 is 1.79 bits per heavy atom. The number of rotatable bonds is 7. The normalized spacial score (nSPS) is 17.0. The molecule has 1 atom stereocenters. The van der Waals surface area contributed by atoms with Crippen molar-refractivity contribution in [3.05, 3.63) is 71.0 Å². The molecule has 0 bridgehead atoms. The van der Waals surface area contributed by atoms with Crippen molar-refractivity contribution in [1.29, 1.82) is 0 Å². The molecule has 1 aliphatic rings. The largest absolute Gasteiger partial charge is 0.350 e. The zero-order valence-corrected chi connectivity index (χ0v) is 16.8. The molecule has 0 saturated carbocycles. The number of halogens is 1. The lowest BCUT2D eigenvalue weighted by Gasteiger charge is -2.31. The van der Waals surface area contributed by atoms with Gasteiger partial charge in [-0.3, -0.25) is 14.5 Å². The standard InChI is InChI=1S/C23H28FN3O2/c1-17-7-6-12-27(15-17)16-19-9-3-2-8-18(19)13-25-22(28)14-26-23(29)20-10-4-5-11-21(20)24/h2-5,8-11,17H,6-7,12-16H2,1H3,(H,25,28)(H,26,29)/t17-/m0/s1. The Kier molecular flexibility index (Phi) is 7.36. The summed E-state index contributed by atoms with van der Waals surface area (Å²) in [7, 11) is 0. The highest BCUT2D eigenvalue weighted by Crippen LogP contribution is 2.19. The van der Waals surface area contributed by atoms with Crippen LogP contribution in [0.1, 0.15) is 41.3 Å². The predicted molar refractivity (Wildman–Crippen MR) is 111 cm³/mol. The number of nitrogens with zero attached hydrogens (tertiary/aromatic N) is 1. The van der Waals surface area contributed by atoms with Crippen LogP contribution in [0.4, 0.5) is 4.39 Å². The number of hydrogen-bond donors (Lipinski definition) is 2. The monoisotopic (exact) mass is 397 g/mol. The highest BCUT2D eigenvalue weighted by molar-refractivity contribution is 5.96. The Morgan fingerprint density at radius 3 is 2.55 bits per heavy atom. The highest BCUT2D eigenvalue weighted by atomic mass is 19.1.